The van der Waals surface area contributed by atoms with Gasteiger partial charge in [0.1, 0.15) is 0 Å². The summed E-state index contributed by atoms with van der Waals surface area (Å²) in [4.78, 5) is 10.1. The summed E-state index contributed by atoms with van der Waals surface area (Å²) in [5.41, 5.74) is 12.3. The Labute approximate surface area is 224 Å². The Morgan fingerprint density at radius 2 is 1.89 bits per heavy atom. The predicted octanol–water partition coefficient (Wildman–Crippen LogP) is 5.82. The standard InChI is InChI=1S/C32H35N5O/c1-20(2)32(38)18-31(33,19-32)25-10-6-9-23(13-14-25)29-26(21-7-4-3-5-8-21)15-24-17-34-28-16-27(22-11-12-22)36-37(28)30(24)35-29/h3-8,10,13-17,20,22,24,30,38H,9,11-12,18-19,33H2,1-2H3. The Kier molecular flexibility index (Phi) is 5.36. The summed E-state index contributed by atoms with van der Waals surface area (Å²) in [6.07, 6.45) is 17.2. The summed E-state index contributed by atoms with van der Waals surface area (Å²) in [5.74, 6) is 1.72. The second-order valence-electron chi connectivity index (χ2n) is 12.0. The van der Waals surface area contributed by atoms with Crippen LogP contribution < -0.4 is 5.73 Å². The molecule has 3 aliphatic carbocycles. The number of aliphatic imine (C=N–C) groups is 2. The van der Waals surface area contributed by atoms with E-state index in [0.717, 1.165) is 45.9 Å². The minimum Gasteiger partial charge on any atom is -0.389 e. The van der Waals surface area contributed by atoms with E-state index >= 15 is 0 Å². The first kappa shape index (κ1) is 23.7. The van der Waals surface area contributed by atoms with E-state index in [-0.39, 0.29) is 18.0 Å². The van der Waals surface area contributed by atoms with Crippen LogP contribution in [0.15, 0.2) is 87.9 Å². The molecule has 3 N–H and O–H groups in total. The molecule has 2 fully saturated rings. The van der Waals surface area contributed by atoms with Gasteiger partial charge in [-0.25, -0.2) is 9.67 Å². The molecule has 0 radical (unpaired) electrons. The first-order valence-corrected chi connectivity index (χ1v) is 13.9. The number of nitrogens with zero attached hydrogens (tertiary/aromatic N) is 4. The van der Waals surface area contributed by atoms with Gasteiger partial charge in [-0.1, -0.05) is 74.6 Å². The monoisotopic (exact) mass is 505 g/mol. The fraction of sp³-hybridized carbons (Fsp3) is 0.406. The number of nitrogens with two attached hydrogens (primary N) is 1. The molecule has 5 aliphatic rings. The lowest BCUT2D eigenvalue weighted by molar-refractivity contribution is -0.107. The minimum atomic E-state index is -0.683. The normalized spacial score (nSPS) is 31.9. The van der Waals surface area contributed by atoms with Crippen LogP contribution in [0, 0.1) is 11.8 Å². The van der Waals surface area contributed by atoms with E-state index in [4.69, 9.17) is 20.8 Å². The molecule has 0 spiro atoms. The number of hydrogen-bond donors (Lipinski definition) is 2. The fourth-order valence-corrected chi connectivity index (χ4v) is 6.31. The Bertz CT molecular complexity index is 1460. The minimum absolute atomic E-state index is 0.0532. The molecule has 3 heterocycles. The SMILES string of the molecule is CC(C)C1(O)CC(N)(C2=CC=C(C3=NC4C(C=Nc5cc(C6CC6)nn54)C=C3c3ccccc3)CC=C2)C1. The maximum atomic E-state index is 10.9. The van der Waals surface area contributed by atoms with Gasteiger partial charge in [-0.15, -0.1) is 0 Å². The van der Waals surface area contributed by atoms with Crippen LogP contribution in [0.1, 0.15) is 69.3 Å². The number of rotatable bonds is 5. The summed E-state index contributed by atoms with van der Waals surface area (Å²) in [6, 6.07) is 12.6. The van der Waals surface area contributed by atoms with Crippen molar-refractivity contribution in [2.24, 2.45) is 27.6 Å². The van der Waals surface area contributed by atoms with Gasteiger partial charge in [-0.3, -0.25) is 4.99 Å². The molecule has 2 aliphatic heterocycles. The van der Waals surface area contributed by atoms with Crippen LogP contribution in [0.3, 0.4) is 0 Å². The van der Waals surface area contributed by atoms with Gasteiger partial charge in [0.2, 0.25) is 0 Å². The highest BCUT2D eigenvalue weighted by Crippen LogP contribution is 2.49. The van der Waals surface area contributed by atoms with Crippen LogP contribution in [-0.2, 0) is 0 Å². The summed E-state index contributed by atoms with van der Waals surface area (Å²) < 4.78 is 2.03. The summed E-state index contributed by atoms with van der Waals surface area (Å²) in [5, 5.41) is 15.8. The molecule has 7 rings (SSSR count). The average molecular weight is 506 g/mol. The van der Waals surface area contributed by atoms with Gasteiger partial charge in [-0.2, -0.15) is 5.10 Å². The van der Waals surface area contributed by atoms with Crippen molar-refractivity contribution >= 4 is 23.3 Å². The van der Waals surface area contributed by atoms with Crippen LogP contribution in [-0.4, -0.2) is 38.0 Å². The molecule has 2 saturated carbocycles. The number of benzene rings is 1. The fourth-order valence-electron chi connectivity index (χ4n) is 6.31. The number of dihydropyridines is 1. The van der Waals surface area contributed by atoms with Crippen molar-refractivity contribution in [3.05, 3.63) is 89.2 Å². The van der Waals surface area contributed by atoms with Gasteiger partial charge < -0.3 is 10.8 Å². The Morgan fingerprint density at radius 1 is 1.11 bits per heavy atom. The van der Waals surface area contributed by atoms with Crippen molar-refractivity contribution < 1.29 is 5.11 Å². The highest BCUT2D eigenvalue weighted by molar-refractivity contribution is 6.32. The third kappa shape index (κ3) is 3.89. The third-order valence-corrected chi connectivity index (χ3v) is 8.96. The lowest BCUT2D eigenvalue weighted by atomic mass is 9.58. The second kappa shape index (κ2) is 8.58. The van der Waals surface area contributed by atoms with Gasteiger partial charge in [0, 0.05) is 29.3 Å². The molecule has 2 unspecified atom stereocenters. The predicted molar refractivity (Wildman–Crippen MR) is 153 cm³/mol. The molecule has 6 nitrogen and oxygen atoms in total. The van der Waals surface area contributed by atoms with E-state index in [9.17, 15) is 5.11 Å². The zero-order chi connectivity index (χ0) is 26.1. The van der Waals surface area contributed by atoms with E-state index in [1.54, 1.807) is 0 Å². The van der Waals surface area contributed by atoms with Crippen LogP contribution in [0.5, 0.6) is 0 Å². The number of aromatic nitrogens is 2. The molecule has 2 atom stereocenters. The van der Waals surface area contributed by atoms with Crippen molar-refractivity contribution in [3.63, 3.8) is 0 Å². The van der Waals surface area contributed by atoms with E-state index in [1.807, 2.05) is 17.0 Å². The number of hydrogen-bond acceptors (Lipinski definition) is 5. The maximum absolute atomic E-state index is 10.9. The van der Waals surface area contributed by atoms with Gasteiger partial charge >= 0.3 is 0 Å². The van der Waals surface area contributed by atoms with E-state index in [2.05, 4.69) is 74.6 Å². The van der Waals surface area contributed by atoms with Gasteiger partial charge in [-0.05, 0) is 54.7 Å². The van der Waals surface area contributed by atoms with Crippen molar-refractivity contribution in [3.8, 4) is 0 Å². The van der Waals surface area contributed by atoms with Crippen LogP contribution in [0.25, 0.3) is 5.57 Å². The highest BCUT2D eigenvalue weighted by Gasteiger charge is 2.54. The molecule has 1 aromatic carbocycles. The summed E-state index contributed by atoms with van der Waals surface area (Å²) >= 11 is 0. The highest BCUT2D eigenvalue weighted by atomic mass is 16.3. The van der Waals surface area contributed by atoms with E-state index in [1.165, 1.54) is 12.8 Å². The molecule has 0 amide bonds. The lowest BCUT2D eigenvalue weighted by Crippen LogP contribution is -2.64. The van der Waals surface area contributed by atoms with E-state index < -0.39 is 11.1 Å². The average Bonchev–Trinajstić information content (AvgIpc) is 3.70. The molecule has 38 heavy (non-hydrogen) atoms. The molecule has 2 aromatic rings. The maximum Gasteiger partial charge on any atom is 0.155 e. The molecule has 0 saturated heterocycles. The smallest absolute Gasteiger partial charge is 0.155 e. The van der Waals surface area contributed by atoms with Crippen molar-refractivity contribution in [2.45, 2.75) is 69.2 Å². The largest absolute Gasteiger partial charge is 0.389 e. The van der Waals surface area contributed by atoms with Gasteiger partial charge in [0.25, 0.3) is 0 Å². The first-order valence-electron chi connectivity index (χ1n) is 13.9. The second-order valence-corrected chi connectivity index (χ2v) is 12.0. The number of allylic oxidation sites excluding steroid dienone is 5. The molecule has 1 aromatic heterocycles. The third-order valence-electron chi connectivity index (χ3n) is 8.96. The molecule has 6 heteroatoms. The van der Waals surface area contributed by atoms with Crippen LogP contribution in [0.4, 0.5) is 5.82 Å². The topological polar surface area (TPSA) is 88.8 Å². The molecule has 194 valence electrons. The Hall–Kier alpha value is -3.35. The quantitative estimate of drug-likeness (QED) is 0.537. The van der Waals surface area contributed by atoms with Crippen molar-refractivity contribution in [1.82, 2.24) is 9.78 Å². The number of fused-ring (bicyclic) bond motifs is 3. The molecular formula is C32H35N5O. The Morgan fingerprint density at radius 3 is 2.63 bits per heavy atom. The van der Waals surface area contributed by atoms with Crippen molar-refractivity contribution in [1.29, 1.82) is 0 Å². The molecule has 0 bridgehead atoms. The van der Waals surface area contributed by atoms with Crippen LogP contribution >= 0.6 is 0 Å². The zero-order valence-corrected chi connectivity index (χ0v) is 22.1. The Balaban J connectivity index is 1.27. The molecular weight excluding hydrogens is 470 g/mol. The summed E-state index contributed by atoms with van der Waals surface area (Å²) in [6.45, 7) is 4.13. The van der Waals surface area contributed by atoms with E-state index in [0.29, 0.717) is 18.8 Å². The summed E-state index contributed by atoms with van der Waals surface area (Å²) in [7, 11) is 0. The van der Waals surface area contributed by atoms with Crippen molar-refractivity contribution in [2.75, 3.05) is 0 Å². The van der Waals surface area contributed by atoms with Gasteiger partial charge in [0.15, 0.2) is 12.0 Å². The first-order chi connectivity index (χ1) is 18.3. The van der Waals surface area contributed by atoms with Gasteiger partial charge in [0.05, 0.1) is 22.9 Å². The zero-order valence-electron chi connectivity index (χ0n) is 22.1. The number of aliphatic hydroxyl groups is 1. The van der Waals surface area contributed by atoms with Crippen LogP contribution in [0.2, 0.25) is 0 Å². The lowest BCUT2D eigenvalue weighted by Gasteiger charge is -2.54.